The van der Waals surface area contributed by atoms with E-state index < -0.39 is 0 Å². The number of hydrogen-bond acceptors (Lipinski definition) is 3. The molecule has 1 fully saturated rings. The molecule has 0 aliphatic carbocycles. The van der Waals surface area contributed by atoms with Crippen molar-refractivity contribution in [2.75, 3.05) is 26.2 Å². The molecule has 0 spiro atoms. The summed E-state index contributed by atoms with van der Waals surface area (Å²) in [7, 11) is 0. The molecule has 1 rings (SSSR count). The van der Waals surface area contributed by atoms with Gasteiger partial charge < -0.3 is 10.4 Å². The van der Waals surface area contributed by atoms with Gasteiger partial charge in [-0.15, -0.1) is 0 Å². The number of β-amino-alcohol motifs (C(OH)–C–C–N with tert-alkyl or cyclic N) is 1. The number of rotatable bonds is 2. The third-order valence-corrected chi connectivity index (χ3v) is 2.28. The van der Waals surface area contributed by atoms with Crippen molar-refractivity contribution in [1.82, 2.24) is 10.2 Å². The van der Waals surface area contributed by atoms with Crippen LogP contribution in [0.4, 0.5) is 0 Å². The lowest BCUT2D eigenvalue weighted by Crippen LogP contribution is -2.54. The van der Waals surface area contributed by atoms with Gasteiger partial charge in [0, 0.05) is 31.7 Å². The molecule has 0 saturated carbocycles. The van der Waals surface area contributed by atoms with Crippen molar-refractivity contribution in [1.29, 1.82) is 0 Å². The maximum absolute atomic E-state index is 8.76. The maximum Gasteiger partial charge on any atom is 0.0558 e. The van der Waals surface area contributed by atoms with Crippen LogP contribution >= 0.6 is 0 Å². The van der Waals surface area contributed by atoms with Crippen LogP contribution in [0.25, 0.3) is 0 Å². The minimum Gasteiger partial charge on any atom is -0.395 e. The Bertz CT molecular complexity index is 119. The van der Waals surface area contributed by atoms with E-state index in [0.717, 1.165) is 19.6 Å². The second kappa shape index (κ2) is 4.04. The van der Waals surface area contributed by atoms with Gasteiger partial charge in [0.1, 0.15) is 0 Å². The number of nitrogens with one attached hydrogen (secondary N) is 1. The van der Waals surface area contributed by atoms with E-state index in [9.17, 15) is 0 Å². The van der Waals surface area contributed by atoms with Crippen LogP contribution in [0.2, 0.25) is 0 Å². The molecule has 3 heteroatoms. The first-order chi connectivity index (χ1) is 5.24. The van der Waals surface area contributed by atoms with E-state index in [2.05, 4.69) is 24.1 Å². The topological polar surface area (TPSA) is 35.5 Å². The Labute approximate surface area is 68.4 Å². The van der Waals surface area contributed by atoms with Crippen molar-refractivity contribution in [2.24, 2.45) is 0 Å². The standard InChI is InChI=1S/C8H18N2O/c1-7-6-10(3-4-11)8(2)5-9-7/h7-9,11H,3-6H2,1-2H3/t7-,8-/m0/s1. The fourth-order valence-corrected chi connectivity index (χ4v) is 1.54. The molecule has 66 valence electrons. The molecular formula is C8H18N2O. The van der Waals surface area contributed by atoms with Crippen LogP contribution in [-0.4, -0.2) is 48.3 Å². The molecule has 0 unspecified atom stereocenters. The highest BCUT2D eigenvalue weighted by atomic mass is 16.3. The first kappa shape index (κ1) is 8.97. The van der Waals surface area contributed by atoms with E-state index in [1.165, 1.54) is 0 Å². The summed E-state index contributed by atoms with van der Waals surface area (Å²) in [6, 6.07) is 1.14. The van der Waals surface area contributed by atoms with E-state index in [0.29, 0.717) is 12.1 Å². The Morgan fingerprint density at radius 1 is 1.55 bits per heavy atom. The van der Waals surface area contributed by atoms with E-state index in [4.69, 9.17) is 5.11 Å². The van der Waals surface area contributed by atoms with Gasteiger partial charge in [0.25, 0.3) is 0 Å². The quantitative estimate of drug-likeness (QED) is 0.577. The Morgan fingerprint density at radius 2 is 2.27 bits per heavy atom. The second-order valence-electron chi connectivity index (χ2n) is 3.38. The van der Waals surface area contributed by atoms with Crippen molar-refractivity contribution < 1.29 is 5.11 Å². The fourth-order valence-electron chi connectivity index (χ4n) is 1.54. The highest BCUT2D eigenvalue weighted by molar-refractivity contribution is 4.80. The van der Waals surface area contributed by atoms with E-state index in [1.54, 1.807) is 0 Å². The van der Waals surface area contributed by atoms with Gasteiger partial charge in [-0.25, -0.2) is 0 Å². The molecule has 0 amide bonds. The van der Waals surface area contributed by atoms with Gasteiger partial charge in [0.15, 0.2) is 0 Å². The van der Waals surface area contributed by atoms with Crippen LogP contribution in [0.15, 0.2) is 0 Å². The molecule has 3 nitrogen and oxygen atoms in total. The molecule has 1 aliphatic rings. The Kier molecular flexibility index (Phi) is 3.30. The fraction of sp³-hybridized carbons (Fsp3) is 1.00. The SMILES string of the molecule is C[C@H]1CN(CCO)[C@@H](C)CN1. The second-order valence-corrected chi connectivity index (χ2v) is 3.38. The zero-order valence-electron chi connectivity index (χ0n) is 7.38. The highest BCUT2D eigenvalue weighted by Gasteiger charge is 2.20. The largest absolute Gasteiger partial charge is 0.395 e. The molecule has 0 bridgehead atoms. The van der Waals surface area contributed by atoms with Crippen LogP contribution in [0.5, 0.6) is 0 Å². The van der Waals surface area contributed by atoms with Gasteiger partial charge in [-0.2, -0.15) is 0 Å². The van der Waals surface area contributed by atoms with Crippen LogP contribution < -0.4 is 5.32 Å². The molecule has 1 saturated heterocycles. The van der Waals surface area contributed by atoms with Crippen molar-refractivity contribution >= 4 is 0 Å². The van der Waals surface area contributed by atoms with Crippen LogP contribution in [-0.2, 0) is 0 Å². The van der Waals surface area contributed by atoms with Crippen LogP contribution in [0.1, 0.15) is 13.8 Å². The van der Waals surface area contributed by atoms with E-state index in [1.807, 2.05) is 0 Å². The summed E-state index contributed by atoms with van der Waals surface area (Å²) in [6.07, 6.45) is 0. The van der Waals surface area contributed by atoms with Crippen LogP contribution in [0.3, 0.4) is 0 Å². The summed E-state index contributed by atoms with van der Waals surface area (Å²) >= 11 is 0. The smallest absolute Gasteiger partial charge is 0.0558 e. The number of aliphatic hydroxyl groups excluding tert-OH is 1. The molecule has 0 aromatic heterocycles. The molecular weight excluding hydrogens is 140 g/mol. The van der Waals surface area contributed by atoms with Gasteiger partial charge in [-0.3, -0.25) is 4.90 Å². The number of hydrogen-bond donors (Lipinski definition) is 2. The normalized spacial score (nSPS) is 34.1. The summed E-state index contributed by atoms with van der Waals surface area (Å²) in [5, 5.41) is 12.2. The van der Waals surface area contributed by atoms with Gasteiger partial charge >= 0.3 is 0 Å². The van der Waals surface area contributed by atoms with Gasteiger partial charge in [-0.1, -0.05) is 0 Å². The molecule has 11 heavy (non-hydrogen) atoms. The highest BCUT2D eigenvalue weighted by Crippen LogP contribution is 2.04. The van der Waals surface area contributed by atoms with Crippen molar-refractivity contribution in [3.8, 4) is 0 Å². The molecule has 0 aromatic rings. The molecule has 0 aromatic carbocycles. The predicted octanol–water partition coefficient (Wildman–Crippen LogP) is -0.339. The minimum atomic E-state index is 0.275. The third-order valence-electron chi connectivity index (χ3n) is 2.28. The average Bonchev–Trinajstić information content (AvgIpc) is 1.98. The Morgan fingerprint density at radius 3 is 2.91 bits per heavy atom. The Balaban J connectivity index is 2.34. The Hall–Kier alpha value is -0.120. The lowest BCUT2D eigenvalue weighted by molar-refractivity contribution is 0.117. The summed E-state index contributed by atoms with van der Waals surface area (Å²) in [4.78, 5) is 2.32. The monoisotopic (exact) mass is 158 g/mol. The van der Waals surface area contributed by atoms with Gasteiger partial charge in [0.05, 0.1) is 6.61 Å². The summed E-state index contributed by atoms with van der Waals surface area (Å²) in [5.74, 6) is 0. The van der Waals surface area contributed by atoms with Crippen molar-refractivity contribution in [3.05, 3.63) is 0 Å². The van der Waals surface area contributed by atoms with Gasteiger partial charge in [-0.05, 0) is 13.8 Å². The first-order valence-corrected chi connectivity index (χ1v) is 4.32. The third kappa shape index (κ3) is 2.43. The van der Waals surface area contributed by atoms with E-state index >= 15 is 0 Å². The number of piperazine rings is 1. The van der Waals surface area contributed by atoms with E-state index in [-0.39, 0.29) is 6.61 Å². The van der Waals surface area contributed by atoms with Crippen LogP contribution in [0, 0.1) is 0 Å². The molecule has 1 aliphatic heterocycles. The van der Waals surface area contributed by atoms with Crippen molar-refractivity contribution in [3.63, 3.8) is 0 Å². The summed E-state index contributed by atoms with van der Waals surface area (Å²) in [6.45, 7) is 7.55. The number of nitrogens with zero attached hydrogens (tertiary/aromatic N) is 1. The molecule has 0 radical (unpaired) electrons. The molecule has 2 N–H and O–H groups in total. The number of aliphatic hydroxyl groups is 1. The van der Waals surface area contributed by atoms with Gasteiger partial charge in [0.2, 0.25) is 0 Å². The lowest BCUT2D eigenvalue weighted by Gasteiger charge is -2.37. The summed E-state index contributed by atoms with van der Waals surface area (Å²) < 4.78 is 0. The molecule has 2 atom stereocenters. The zero-order valence-corrected chi connectivity index (χ0v) is 7.38. The maximum atomic E-state index is 8.76. The lowest BCUT2D eigenvalue weighted by atomic mass is 10.1. The summed E-state index contributed by atoms with van der Waals surface area (Å²) in [5.41, 5.74) is 0. The predicted molar refractivity (Wildman–Crippen MR) is 45.6 cm³/mol. The first-order valence-electron chi connectivity index (χ1n) is 4.32. The molecule has 1 heterocycles. The zero-order chi connectivity index (χ0) is 8.27. The average molecular weight is 158 g/mol. The minimum absolute atomic E-state index is 0.275. The van der Waals surface area contributed by atoms with Crippen molar-refractivity contribution in [2.45, 2.75) is 25.9 Å².